The average Bonchev–Trinajstić information content (AvgIpc) is 2.77. The summed E-state index contributed by atoms with van der Waals surface area (Å²) in [6.45, 7) is 3.59. The lowest BCUT2D eigenvalue weighted by Crippen LogP contribution is -2.12. The predicted molar refractivity (Wildman–Crippen MR) is 73.3 cm³/mol. The lowest BCUT2D eigenvalue weighted by atomic mass is 10.1. The number of hydrogen-bond donors (Lipinski definition) is 1. The van der Waals surface area contributed by atoms with E-state index in [1.165, 1.54) is 6.07 Å². The van der Waals surface area contributed by atoms with Gasteiger partial charge in [0.2, 0.25) is 0 Å². The van der Waals surface area contributed by atoms with E-state index >= 15 is 0 Å². The predicted octanol–water partition coefficient (Wildman–Crippen LogP) is 2.51. The Morgan fingerprint density at radius 2 is 2.15 bits per heavy atom. The van der Waals surface area contributed by atoms with Gasteiger partial charge in [0.05, 0.1) is 11.8 Å². The summed E-state index contributed by atoms with van der Waals surface area (Å²) < 4.78 is 15.6. The fourth-order valence-electron chi connectivity index (χ4n) is 1.97. The maximum atomic E-state index is 13.9. The van der Waals surface area contributed by atoms with Crippen LogP contribution in [0.2, 0.25) is 0 Å². The normalized spacial score (nSPS) is 12.3. The SMILES string of the molecule is Cc1nnc(SCC(=O)O)n1C(C)c1ccccc1F. The molecule has 1 aromatic carbocycles. The number of carbonyl (C=O) groups is 1. The van der Waals surface area contributed by atoms with Crippen LogP contribution in [0.5, 0.6) is 0 Å². The van der Waals surface area contributed by atoms with Gasteiger partial charge in [-0.1, -0.05) is 30.0 Å². The summed E-state index contributed by atoms with van der Waals surface area (Å²) in [5.74, 6) is -0.723. The summed E-state index contributed by atoms with van der Waals surface area (Å²) in [5.41, 5.74) is 0.521. The summed E-state index contributed by atoms with van der Waals surface area (Å²) in [6.07, 6.45) is 0. The molecule has 7 heteroatoms. The minimum atomic E-state index is -0.930. The van der Waals surface area contributed by atoms with E-state index < -0.39 is 5.97 Å². The van der Waals surface area contributed by atoms with Crippen molar-refractivity contribution in [1.82, 2.24) is 14.8 Å². The van der Waals surface area contributed by atoms with Gasteiger partial charge >= 0.3 is 5.97 Å². The smallest absolute Gasteiger partial charge is 0.313 e. The molecule has 0 spiro atoms. The van der Waals surface area contributed by atoms with Gasteiger partial charge in [-0.05, 0) is 19.9 Å². The Bertz CT molecular complexity index is 630. The van der Waals surface area contributed by atoms with E-state index in [0.29, 0.717) is 16.5 Å². The number of benzene rings is 1. The van der Waals surface area contributed by atoms with Crippen LogP contribution >= 0.6 is 11.8 Å². The van der Waals surface area contributed by atoms with Crippen molar-refractivity contribution < 1.29 is 14.3 Å². The van der Waals surface area contributed by atoms with Gasteiger partial charge in [-0.15, -0.1) is 10.2 Å². The van der Waals surface area contributed by atoms with Gasteiger partial charge in [0, 0.05) is 5.56 Å². The van der Waals surface area contributed by atoms with Gasteiger partial charge in [-0.3, -0.25) is 9.36 Å². The number of rotatable bonds is 5. The van der Waals surface area contributed by atoms with Crippen molar-refractivity contribution >= 4 is 17.7 Å². The zero-order valence-electron chi connectivity index (χ0n) is 11.1. The number of carboxylic acids is 1. The molecule has 0 fully saturated rings. The van der Waals surface area contributed by atoms with E-state index in [4.69, 9.17) is 5.11 Å². The Hall–Kier alpha value is -1.89. The first-order chi connectivity index (χ1) is 9.50. The van der Waals surface area contributed by atoms with Gasteiger partial charge in [0.25, 0.3) is 0 Å². The zero-order valence-corrected chi connectivity index (χ0v) is 11.9. The number of aliphatic carboxylic acids is 1. The molecule has 0 radical (unpaired) electrons. The number of aromatic nitrogens is 3. The van der Waals surface area contributed by atoms with Crippen molar-refractivity contribution in [3.8, 4) is 0 Å². The maximum Gasteiger partial charge on any atom is 0.313 e. The van der Waals surface area contributed by atoms with Crippen LogP contribution in [-0.4, -0.2) is 31.6 Å². The summed E-state index contributed by atoms with van der Waals surface area (Å²) in [6, 6.07) is 6.19. The highest BCUT2D eigenvalue weighted by atomic mass is 32.2. The number of hydrogen-bond acceptors (Lipinski definition) is 4. The van der Waals surface area contributed by atoms with Crippen molar-refractivity contribution in [3.63, 3.8) is 0 Å². The highest BCUT2D eigenvalue weighted by Gasteiger charge is 2.19. The number of nitrogens with zero attached hydrogens (tertiary/aromatic N) is 3. The third kappa shape index (κ3) is 2.98. The Kier molecular flexibility index (Phi) is 4.39. The molecule has 2 aromatic rings. The summed E-state index contributed by atoms with van der Waals surface area (Å²) in [4.78, 5) is 10.6. The largest absolute Gasteiger partial charge is 0.481 e. The summed E-state index contributed by atoms with van der Waals surface area (Å²) in [5, 5.41) is 17.1. The van der Waals surface area contributed by atoms with Gasteiger partial charge in [-0.2, -0.15) is 0 Å². The fraction of sp³-hybridized carbons (Fsp3) is 0.308. The van der Waals surface area contributed by atoms with Crippen LogP contribution in [0, 0.1) is 12.7 Å². The molecular weight excluding hydrogens is 281 g/mol. The lowest BCUT2D eigenvalue weighted by molar-refractivity contribution is -0.133. The van der Waals surface area contributed by atoms with Crippen LogP contribution in [0.3, 0.4) is 0 Å². The number of thioether (sulfide) groups is 1. The zero-order chi connectivity index (χ0) is 14.7. The molecule has 1 atom stereocenters. The van der Waals surface area contributed by atoms with Crippen LogP contribution in [0.4, 0.5) is 4.39 Å². The molecule has 2 rings (SSSR count). The second-order valence-electron chi connectivity index (χ2n) is 4.28. The van der Waals surface area contributed by atoms with E-state index in [1.807, 2.05) is 6.92 Å². The van der Waals surface area contributed by atoms with E-state index in [-0.39, 0.29) is 17.6 Å². The van der Waals surface area contributed by atoms with Crippen molar-refractivity contribution in [2.24, 2.45) is 0 Å². The van der Waals surface area contributed by atoms with Gasteiger partial charge in [-0.25, -0.2) is 4.39 Å². The summed E-state index contributed by atoms with van der Waals surface area (Å²) in [7, 11) is 0. The monoisotopic (exact) mass is 295 g/mol. The minimum absolute atomic E-state index is 0.109. The molecule has 0 aliphatic carbocycles. The first kappa shape index (κ1) is 14.5. The van der Waals surface area contributed by atoms with Crippen molar-refractivity contribution in [2.45, 2.75) is 25.0 Å². The molecule has 0 saturated carbocycles. The fourth-order valence-corrected chi connectivity index (χ4v) is 2.75. The van der Waals surface area contributed by atoms with E-state index in [0.717, 1.165) is 11.8 Å². The third-order valence-corrected chi connectivity index (χ3v) is 3.83. The minimum Gasteiger partial charge on any atom is -0.481 e. The molecule has 1 unspecified atom stereocenters. The van der Waals surface area contributed by atoms with Crippen LogP contribution in [0.25, 0.3) is 0 Å². The van der Waals surface area contributed by atoms with Crippen LogP contribution in [-0.2, 0) is 4.79 Å². The topological polar surface area (TPSA) is 68.0 Å². The van der Waals surface area contributed by atoms with Crippen molar-refractivity contribution in [1.29, 1.82) is 0 Å². The van der Waals surface area contributed by atoms with Gasteiger partial charge in [0.1, 0.15) is 11.6 Å². The molecule has 0 bridgehead atoms. The molecule has 0 aliphatic rings. The lowest BCUT2D eigenvalue weighted by Gasteiger charge is -2.17. The van der Waals surface area contributed by atoms with Crippen LogP contribution in [0.15, 0.2) is 29.4 Å². The second kappa shape index (κ2) is 6.04. The first-order valence-corrected chi connectivity index (χ1v) is 6.99. The Balaban J connectivity index is 2.34. The number of carboxylic acid groups (broad SMARTS) is 1. The third-order valence-electron chi connectivity index (χ3n) is 2.90. The van der Waals surface area contributed by atoms with E-state index in [9.17, 15) is 9.18 Å². The van der Waals surface area contributed by atoms with E-state index in [2.05, 4.69) is 10.2 Å². The standard InChI is InChI=1S/C13H14FN3O2S/c1-8(10-5-3-4-6-11(10)14)17-9(2)15-16-13(17)20-7-12(18)19/h3-6,8H,7H2,1-2H3,(H,18,19). The van der Waals surface area contributed by atoms with Gasteiger partial charge in [0.15, 0.2) is 5.16 Å². The molecule has 5 nitrogen and oxygen atoms in total. The summed E-state index contributed by atoms with van der Waals surface area (Å²) >= 11 is 1.07. The Labute approximate surface area is 119 Å². The molecule has 0 aliphatic heterocycles. The molecule has 106 valence electrons. The second-order valence-corrected chi connectivity index (χ2v) is 5.22. The highest BCUT2D eigenvalue weighted by Crippen LogP contribution is 2.27. The molecule has 20 heavy (non-hydrogen) atoms. The average molecular weight is 295 g/mol. The number of aryl methyl sites for hydroxylation is 1. The number of halogens is 1. The molecule has 0 saturated heterocycles. The molecule has 1 aromatic heterocycles. The van der Waals surface area contributed by atoms with Gasteiger partial charge < -0.3 is 5.11 Å². The van der Waals surface area contributed by atoms with Crippen LogP contribution in [0.1, 0.15) is 24.4 Å². The van der Waals surface area contributed by atoms with Crippen LogP contribution < -0.4 is 0 Å². The Morgan fingerprint density at radius 3 is 2.80 bits per heavy atom. The maximum absolute atomic E-state index is 13.9. The highest BCUT2D eigenvalue weighted by molar-refractivity contribution is 7.99. The van der Waals surface area contributed by atoms with E-state index in [1.54, 1.807) is 29.7 Å². The Morgan fingerprint density at radius 1 is 1.45 bits per heavy atom. The molecular formula is C13H14FN3O2S. The molecule has 1 heterocycles. The molecule has 1 N–H and O–H groups in total. The first-order valence-electron chi connectivity index (χ1n) is 6.01. The quantitative estimate of drug-likeness (QED) is 0.858. The van der Waals surface area contributed by atoms with Crippen molar-refractivity contribution in [2.75, 3.05) is 5.75 Å². The molecule has 0 amide bonds. The van der Waals surface area contributed by atoms with Crippen molar-refractivity contribution in [3.05, 3.63) is 41.5 Å².